The third kappa shape index (κ3) is 8.37. The molecule has 0 saturated heterocycles. The van der Waals surface area contributed by atoms with Crippen molar-refractivity contribution in [1.29, 1.82) is 0 Å². The van der Waals surface area contributed by atoms with Crippen LogP contribution in [0.4, 0.5) is 10.5 Å². The molecule has 5 N–H and O–H groups in total. The maximum absolute atomic E-state index is 13.1. The molecular weight excluding hydrogens is 612 g/mol. The average Bonchev–Trinajstić information content (AvgIpc) is 2.94. The third-order valence-electron chi connectivity index (χ3n) is 7.05. The van der Waals surface area contributed by atoms with E-state index in [2.05, 4.69) is 21.2 Å². The number of anilines is 1. The Kier molecular flexibility index (Phi) is 13.1. The van der Waals surface area contributed by atoms with E-state index >= 15 is 0 Å². The zero-order valence-corrected chi connectivity index (χ0v) is 26.8. The van der Waals surface area contributed by atoms with Crippen molar-refractivity contribution < 1.29 is 43.5 Å². The van der Waals surface area contributed by atoms with Crippen LogP contribution in [0.3, 0.4) is 0 Å². The van der Waals surface area contributed by atoms with Gasteiger partial charge in [0.1, 0.15) is 23.3 Å². The lowest BCUT2D eigenvalue weighted by Gasteiger charge is -2.31. The van der Waals surface area contributed by atoms with Gasteiger partial charge in [0.15, 0.2) is 11.9 Å². The van der Waals surface area contributed by atoms with Gasteiger partial charge < -0.3 is 44.9 Å². The number of allylic oxidation sites excluding steroid dienone is 2. The molecule has 1 aliphatic heterocycles. The first-order valence-corrected chi connectivity index (χ1v) is 14.0. The number of halogens is 1. The highest BCUT2D eigenvalue weighted by atomic mass is 79.9. The highest BCUT2D eigenvalue weighted by molar-refractivity contribution is 9.10. The van der Waals surface area contributed by atoms with Gasteiger partial charge in [-0.1, -0.05) is 31.2 Å². The van der Waals surface area contributed by atoms with E-state index in [1.165, 1.54) is 26.4 Å². The number of rotatable bonds is 5. The minimum absolute atomic E-state index is 0.0387. The summed E-state index contributed by atoms with van der Waals surface area (Å²) < 4.78 is 28.5. The van der Waals surface area contributed by atoms with Gasteiger partial charge in [-0.05, 0) is 53.9 Å². The minimum atomic E-state index is -0.971. The van der Waals surface area contributed by atoms with Crippen molar-refractivity contribution in [2.75, 3.05) is 33.8 Å². The van der Waals surface area contributed by atoms with Crippen LogP contribution in [0, 0.1) is 5.92 Å². The number of hydrogen-bond donors (Lipinski definition) is 4. The molecule has 2 amide bonds. The summed E-state index contributed by atoms with van der Waals surface area (Å²) in [5.41, 5.74) is 7.14. The van der Waals surface area contributed by atoms with Gasteiger partial charge in [-0.2, -0.15) is 0 Å². The molecule has 1 aromatic rings. The Bertz CT molecular complexity index is 1270. The van der Waals surface area contributed by atoms with E-state index < -0.39 is 36.4 Å². The fraction of sp³-hybridized carbons (Fsp3) is 0.467. The Morgan fingerprint density at radius 1 is 1.10 bits per heavy atom. The molecule has 5 unspecified atom stereocenters. The van der Waals surface area contributed by atoms with Crippen LogP contribution >= 0.6 is 15.9 Å². The van der Waals surface area contributed by atoms with Crippen LogP contribution in [0.1, 0.15) is 39.7 Å². The van der Waals surface area contributed by atoms with Gasteiger partial charge in [-0.25, -0.2) is 4.79 Å². The van der Waals surface area contributed by atoms with Gasteiger partial charge in [-0.15, -0.1) is 0 Å². The van der Waals surface area contributed by atoms with E-state index in [4.69, 9.17) is 29.4 Å². The second-order valence-corrected chi connectivity index (χ2v) is 10.8. The van der Waals surface area contributed by atoms with Crippen LogP contribution < -0.4 is 11.1 Å². The van der Waals surface area contributed by atoms with Gasteiger partial charge in [0.2, 0.25) is 0 Å². The number of amides is 2. The van der Waals surface area contributed by atoms with E-state index in [0.717, 1.165) is 0 Å². The largest absolute Gasteiger partial charge is 0.507 e. The molecule has 0 saturated carbocycles. The molecule has 2 rings (SSSR count). The van der Waals surface area contributed by atoms with E-state index in [9.17, 15) is 19.8 Å². The highest BCUT2D eigenvalue weighted by Crippen LogP contribution is 2.45. The predicted molar refractivity (Wildman–Crippen MR) is 163 cm³/mol. The molecule has 0 radical (unpaired) electrons. The lowest BCUT2D eigenvalue weighted by atomic mass is 9.91. The smallest absolute Gasteiger partial charge is 0.405 e. The van der Waals surface area contributed by atoms with Crippen molar-refractivity contribution in [2.24, 2.45) is 11.7 Å². The molecule has 0 aliphatic carbocycles. The molecule has 2 bridgehead atoms. The number of aromatic hydroxyl groups is 2. The standard InChI is InChI=1S/C30H41BrN2O9/c1-15-10-9-11-21(38-5)28(42-30(32)37)17(3)12-16(2)27(41-8)22(39-6)13-18(4)26(40-7)19-14-20(34)23(31)24(25(19)35)33-29(15)36/h9-12,14,16,21-22,27-28,34-35H,13H2,1-8H3,(H2,32,37)(H,33,36). The van der Waals surface area contributed by atoms with Gasteiger partial charge in [0.05, 0.1) is 29.4 Å². The van der Waals surface area contributed by atoms with Crippen molar-refractivity contribution in [3.05, 3.63) is 57.1 Å². The molecule has 0 aromatic heterocycles. The number of carbonyl (C=O) groups is 2. The second kappa shape index (κ2) is 15.8. The number of nitrogens with two attached hydrogens (primary N) is 1. The first-order valence-electron chi connectivity index (χ1n) is 13.2. The normalized spacial score (nSPS) is 24.5. The molecule has 0 fully saturated rings. The lowest BCUT2D eigenvalue weighted by molar-refractivity contribution is -0.112. The maximum atomic E-state index is 13.1. The van der Waals surface area contributed by atoms with Crippen LogP contribution in [-0.4, -0.2) is 75.1 Å². The number of nitrogens with one attached hydrogen (secondary N) is 1. The molecule has 12 heteroatoms. The number of carbonyl (C=O) groups excluding carboxylic acids is 2. The van der Waals surface area contributed by atoms with Crippen molar-refractivity contribution in [3.8, 4) is 11.5 Å². The predicted octanol–water partition coefficient (Wildman–Crippen LogP) is 5.17. The van der Waals surface area contributed by atoms with Crippen molar-refractivity contribution >= 4 is 39.4 Å². The third-order valence-corrected chi connectivity index (χ3v) is 7.86. The van der Waals surface area contributed by atoms with Gasteiger partial charge in [0, 0.05) is 39.2 Å². The molecular formula is C30H41BrN2O9. The number of hydrogen-bond acceptors (Lipinski definition) is 9. The van der Waals surface area contributed by atoms with E-state index in [0.29, 0.717) is 17.6 Å². The summed E-state index contributed by atoms with van der Waals surface area (Å²) in [6.07, 6.45) is 3.45. The van der Waals surface area contributed by atoms with Crippen LogP contribution in [0.2, 0.25) is 0 Å². The Hall–Kier alpha value is -3.32. The fourth-order valence-electron chi connectivity index (χ4n) is 4.92. The van der Waals surface area contributed by atoms with Crippen LogP contribution in [0.25, 0.3) is 5.76 Å². The number of fused-ring (bicyclic) bond motifs is 2. The van der Waals surface area contributed by atoms with Crippen LogP contribution in [0.5, 0.6) is 11.5 Å². The molecule has 42 heavy (non-hydrogen) atoms. The Balaban J connectivity index is 2.83. The van der Waals surface area contributed by atoms with Crippen LogP contribution in [0.15, 0.2) is 51.6 Å². The van der Waals surface area contributed by atoms with Gasteiger partial charge in [0.25, 0.3) is 5.91 Å². The molecule has 1 aromatic carbocycles. The topological polar surface area (TPSA) is 159 Å². The van der Waals surface area contributed by atoms with E-state index in [1.54, 1.807) is 47.1 Å². The molecule has 1 aliphatic rings. The Labute approximate surface area is 255 Å². The summed E-state index contributed by atoms with van der Waals surface area (Å²) in [6.45, 7) is 7.11. The average molecular weight is 654 g/mol. The van der Waals surface area contributed by atoms with E-state index in [-0.39, 0.29) is 44.5 Å². The Morgan fingerprint density at radius 2 is 1.76 bits per heavy atom. The molecule has 232 valence electrons. The second-order valence-electron chi connectivity index (χ2n) is 9.99. The quantitative estimate of drug-likeness (QED) is 0.191. The number of ether oxygens (including phenoxy) is 5. The summed E-state index contributed by atoms with van der Waals surface area (Å²) in [5.74, 6) is -1.02. The maximum Gasteiger partial charge on any atom is 0.405 e. The number of phenolic OH excluding ortho intramolecular Hbond substituents is 2. The fourth-order valence-corrected chi connectivity index (χ4v) is 5.32. The monoisotopic (exact) mass is 652 g/mol. The first kappa shape index (κ1) is 34.9. The number of phenols is 2. The van der Waals surface area contributed by atoms with Gasteiger partial charge in [-0.3, -0.25) is 4.79 Å². The molecule has 5 atom stereocenters. The first-order chi connectivity index (χ1) is 19.8. The summed E-state index contributed by atoms with van der Waals surface area (Å²) in [7, 11) is 6.04. The summed E-state index contributed by atoms with van der Waals surface area (Å²) in [6, 6.07) is 1.35. The van der Waals surface area contributed by atoms with Crippen molar-refractivity contribution in [3.63, 3.8) is 0 Å². The van der Waals surface area contributed by atoms with Crippen LogP contribution in [-0.2, 0) is 28.5 Å². The Morgan fingerprint density at radius 3 is 2.31 bits per heavy atom. The summed E-state index contributed by atoms with van der Waals surface area (Å²) in [5, 5.41) is 24.5. The zero-order chi connectivity index (χ0) is 31.7. The van der Waals surface area contributed by atoms with Crippen molar-refractivity contribution in [1.82, 2.24) is 0 Å². The number of benzene rings is 1. The minimum Gasteiger partial charge on any atom is -0.507 e. The molecule has 1 heterocycles. The summed E-state index contributed by atoms with van der Waals surface area (Å²) in [4.78, 5) is 24.9. The molecule has 0 spiro atoms. The zero-order valence-electron chi connectivity index (χ0n) is 25.2. The number of primary amides is 1. The number of methoxy groups -OCH3 is 4. The lowest BCUT2D eigenvalue weighted by Crippen LogP contribution is -2.37. The van der Waals surface area contributed by atoms with Crippen molar-refractivity contribution in [2.45, 2.75) is 58.5 Å². The molecule has 11 nitrogen and oxygen atoms in total. The summed E-state index contributed by atoms with van der Waals surface area (Å²) >= 11 is 3.25. The SMILES string of the molecule is COC1=C(C)CC(OC)C(OC)C(C)C=C(C)C(OC(N)=O)C(OC)C=CC=C(C)C(=O)Nc2c(O)c1cc(O)c2Br. The van der Waals surface area contributed by atoms with E-state index in [1.807, 2.05) is 13.0 Å². The highest BCUT2D eigenvalue weighted by Gasteiger charge is 2.31. The van der Waals surface area contributed by atoms with Gasteiger partial charge >= 0.3 is 6.09 Å².